The molecular formula is C25H20N2O. The van der Waals surface area contributed by atoms with Gasteiger partial charge in [0.25, 0.3) is 0 Å². The molecule has 5 rings (SSSR count). The first kappa shape index (κ1) is 16.6. The number of hydrogen-bond donors (Lipinski definition) is 0. The van der Waals surface area contributed by atoms with Gasteiger partial charge in [0.15, 0.2) is 0 Å². The highest BCUT2D eigenvalue weighted by Crippen LogP contribution is 2.34. The van der Waals surface area contributed by atoms with Gasteiger partial charge in [-0.2, -0.15) is 0 Å². The number of rotatable bonds is 4. The Bertz CT molecular complexity index is 1110. The molecule has 4 aromatic rings. The Morgan fingerprint density at radius 3 is 2.29 bits per heavy atom. The standard InChI is InChI=1S/C25H20N2O/c1-3-10-19(11-4-1)25-21-14-7-8-15-23(21)27-17-9-16-24(27)22(26-25)18-28-20-12-5-2-6-13-20/h1-17,25H,18H2/t25-/m1/s1. The lowest BCUT2D eigenvalue weighted by Crippen LogP contribution is -2.16. The Kier molecular flexibility index (Phi) is 4.26. The highest BCUT2D eigenvalue weighted by Gasteiger charge is 2.24. The number of aliphatic imine (C=N–C) groups is 1. The third-order valence-corrected chi connectivity index (χ3v) is 5.05. The zero-order chi connectivity index (χ0) is 18.8. The van der Waals surface area contributed by atoms with Crippen LogP contribution in [0.25, 0.3) is 5.69 Å². The first-order valence-electron chi connectivity index (χ1n) is 9.46. The fourth-order valence-corrected chi connectivity index (χ4v) is 3.72. The summed E-state index contributed by atoms with van der Waals surface area (Å²) in [4.78, 5) is 5.19. The fraction of sp³-hybridized carbons (Fsp3) is 0.0800. The number of fused-ring (bicyclic) bond motifs is 3. The van der Waals surface area contributed by atoms with Gasteiger partial charge in [-0.1, -0.05) is 66.7 Å². The van der Waals surface area contributed by atoms with Crippen LogP contribution in [-0.2, 0) is 0 Å². The number of ether oxygens (including phenoxy) is 1. The van der Waals surface area contributed by atoms with E-state index in [1.165, 1.54) is 11.1 Å². The molecule has 0 unspecified atom stereocenters. The maximum absolute atomic E-state index is 6.07. The van der Waals surface area contributed by atoms with Crippen molar-refractivity contribution in [1.29, 1.82) is 0 Å². The van der Waals surface area contributed by atoms with E-state index in [4.69, 9.17) is 9.73 Å². The van der Waals surface area contributed by atoms with Crippen LogP contribution in [0.4, 0.5) is 0 Å². The van der Waals surface area contributed by atoms with E-state index in [1.807, 2.05) is 36.4 Å². The van der Waals surface area contributed by atoms with E-state index in [2.05, 4.69) is 71.4 Å². The Morgan fingerprint density at radius 1 is 0.750 bits per heavy atom. The van der Waals surface area contributed by atoms with E-state index in [1.54, 1.807) is 0 Å². The quantitative estimate of drug-likeness (QED) is 0.473. The van der Waals surface area contributed by atoms with Crippen LogP contribution in [-0.4, -0.2) is 16.9 Å². The molecule has 0 radical (unpaired) electrons. The molecule has 0 amide bonds. The lowest BCUT2D eigenvalue weighted by atomic mass is 9.98. The van der Waals surface area contributed by atoms with Crippen molar-refractivity contribution in [2.75, 3.05) is 6.61 Å². The van der Waals surface area contributed by atoms with Gasteiger partial charge in [-0.25, -0.2) is 0 Å². The summed E-state index contributed by atoms with van der Waals surface area (Å²) < 4.78 is 8.28. The molecule has 0 spiro atoms. The van der Waals surface area contributed by atoms with Crippen molar-refractivity contribution in [3.8, 4) is 11.4 Å². The van der Waals surface area contributed by atoms with Crippen LogP contribution in [0.1, 0.15) is 22.9 Å². The molecule has 3 aromatic carbocycles. The van der Waals surface area contributed by atoms with Crippen molar-refractivity contribution in [2.24, 2.45) is 4.99 Å². The van der Waals surface area contributed by atoms with Crippen LogP contribution in [0.15, 0.2) is 108 Å². The molecule has 0 fully saturated rings. The first-order chi connectivity index (χ1) is 13.9. The van der Waals surface area contributed by atoms with Crippen LogP contribution in [0, 0.1) is 0 Å². The molecule has 0 bridgehead atoms. The summed E-state index contributed by atoms with van der Waals surface area (Å²) in [7, 11) is 0. The van der Waals surface area contributed by atoms with Gasteiger partial charge in [-0.15, -0.1) is 0 Å². The average Bonchev–Trinajstić information content (AvgIpc) is 3.20. The van der Waals surface area contributed by atoms with E-state index in [0.717, 1.165) is 22.8 Å². The summed E-state index contributed by atoms with van der Waals surface area (Å²) in [6.07, 6.45) is 2.10. The van der Waals surface area contributed by atoms with Crippen molar-refractivity contribution in [2.45, 2.75) is 6.04 Å². The summed E-state index contributed by atoms with van der Waals surface area (Å²) in [5, 5.41) is 0. The predicted octanol–water partition coefficient (Wildman–Crippen LogP) is 5.45. The van der Waals surface area contributed by atoms with Gasteiger partial charge in [-0.05, 0) is 35.9 Å². The lowest BCUT2D eigenvalue weighted by Gasteiger charge is -2.16. The minimum atomic E-state index is -0.0633. The van der Waals surface area contributed by atoms with Crippen molar-refractivity contribution in [1.82, 2.24) is 4.57 Å². The SMILES string of the molecule is c1ccc(OCC2=N[C@H](c3ccccc3)c3ccccc3-n3cccc32)cc1. The maximum Gasteiger partial charge on any atom is 0.132 e. The highest BCUT2D eigenvalue weighted by molar-refractivity contribution is 6.02. The van der Waals surface area contributed by atoms with Gasteiger partial charge in [0.05, 0.1) is 17.1 Å². The zero-order valence-electron chi connectivity index (χ0n) is 15.4. The summed E-state index contributed by atoms with van der Waals surface area (Å²) >= 11 is 0. The molecule has 0 saturated heterocycles. The van der Waals surface area contributed by atoms with Crippen LogP contribution in [0.5, 0.6) is 5.75 Å². The maximum atomic E-state index is 6.07. The highest BCUT2D eigenvalue weighted by atomic mass is 16.5. The Labute approximate surface area is 164 Å². The van der Waals surface area contributed by atoms with Crippen LogP contribution in [0.3, 0.4) is 0 Å². The van der Waals surface area contributed by atoms with E-state index >= 15 is 0 Å². The smallest absolute Gasteiger partial charge is 0.132 e. The molecule has 0 N–H and O–H groups in total. The van der Waals surface area contributed by atoms with E-state index in [9.17, 15) is 0 Å². The van der Waals surface area contributed by atoms with Gasteiger partial charge in [0.1, 0.15) is 18.4 Å². The van der Waals surface area contributed by atoms with Gasteiger partial charge >= 0.3 is 0 Å². The summed E-state index contributed by atoms with van der Waals surface area (Å²) in [5.74, 6) is 0.848. The number of benzene rings is 3. The minimum Gasteiger partial charge on any atom is -0.487 e. The summed E-state index contributed by atoms with van der Waals surface area (Å²) in [6.45, 7) is 0.422. The van der Waals surface area contributed by atoms with Crippen LogP contribution >= 0.6 is 0 Å². The number of aromatic nitrogens is 1. The monoisotopic (exact) mass is 364 g/mol. The van der Waals surface area contributed by atoms with Gasteiger partial charge in [0, 0.05) is 11.8 Å². The largest absolute Gasteiger partial charge is 0.487 e. The fourth-order valence-electron chi connectivity index (χ4n) is 3.72. The van der Waals surface area contributed by atoms with E-state index < -0.39 is 0 Å². The van der Waals surface area contributed by atoms with E-state index in [-0.39, 0.29) is 6.04 Å². The number of nitrogens with zero attached hydrogens (tertiary/aromatic N) is 2. The predicted molar refractivity (Wildman–Crippen MR) is 113 cm³/mol. The molecule has 2 heterocycles. The lowest BCUT2D eigenvalue weighted by molar-refractivity contribution is 0.376. The third-order valence-electron chi connectivity index (χ3n) is 5.05. The Balaban J connectivity index is 1.62. The van der Waals surface area contributed by atoms with Crippen molar-refractivity contribution in [3.63, 3.8) is 0 Å². The summed E-state index contributed by atoms with van der Waals surface area (Å²) in [6, 6.07) is 32.9. The van der Waals surface area contributed by atoms with Crippen molar-refractivity contribution >= 4 is 5.71 Å². The second kappa shape index (κ2) is 7.20. The Morgan fingerprint density at radius 2 is 1.46 bits per heavy atom. The number of para-hydroxylation sites is 2. The molecular weight excluding hydrogens is 344 g/mol. The molecule has 136 valence electrons. The molecule has 0 aliphatic carbocycles. The molecule has 3 heteroatoms. The third kappa shape index (κ3) is 3.01. The molecule has 1 atom stereocenters. The topological polar surface area (TPSA) is 26.5 Å². The minimum absolute atomic E-state index is 0.0633. The first-order valence-corrected chi connectivity index (χ1v) is 9.46. The van der Waals surface area contributed by atoms with Gasteiger partial charge < -0.3 is 9.30 Å². The van der Waals surface area contributed by atoms with Gasteiger partial charge in [-0.3, -0.25) is 4.99 Å². The molecule has 1 aliphatic rings. The molecule has 1 aliphatic heterocycles. The second-order valence-electron chi connectivity index (χ2n) is 6.81. The molecule has 28 heavy (non-hydrogen) atoms. The van der Waals surface area contributed by atoms with Crippen LogP contribution in [0.2, 0.25) is 0 Å². The second-order valence-corrected chi connectivity index (χ2v) is 6.81. The van der Waals surface area contributed by atoms with E-state index in [0.29, 0.717) is 6.61 Å². The number of hydrogen-bond acceptors (Lipinski definition) is 2. The van der Waals surface area contributed by atoms with Crippen LogP contribution < -0.4 is 4.74 Å². The Hall–Kier alpha value is -3.59. The average molecular weight is 364 g/mol. The van der Waals surface area contributed by atoms with Crippen molar-refractivity contribution in [3.05, 3.63) is 120 Å². The molecule has 3 nitrogen and oxygen atoms in total. The molecule has 0 saturated carbocycles. The normalized spacial score (nSPS) is 15.1. The van der Waals surface area contributed by atoms with Gasteiger partial charge in [0.2, 0.25) is 0 Å². The molecule has 1 aromatic heterocycles. The summed E-state index contributed by atoms with van der Waals surface area (Å²) in [5.41, 5.74) is 5.55. The van der Waals surface area contributed by atoms with Crippen molar-refractivity contribution < 1.29 is 4.74 Å². The zero-order valence-corrected chi connectivity index (χ0v) is 15.4.